The maximum absolute atomic E-state index is 10.9. The second kappa shape index (κ2) is 6.95. The lowest BCUT2D eigenvalue weighted by molar-refractivity contribution is -0.368. The third kappa shape index (κ3) is 4.39. The van der Waals surface area contributed by atoms with Crippen molar-refractivity contribution in [3.63, 3.8) is 0 Å². The van der Waals surface area contributed by atoms with E-state index in [4.69, 9.17) is 0 Å². The molecule has 6 nitrogen and oxygen atoms in total. The molecule has 0 unspecified atom stereocenters. The second-order valence-electron chi connectivity index (χ2n) is 3.77. The fraction of sp³-hybridized carbons (Fsp3) is 0.700. The lowest BCUT2D eigenvalue weighted by atomic mass is 10.2. The van der Waals surface area contributed by atoms with Crippen molar-refractivity contribution in [1.82, 2.24) is 15.2 Å². The largest absolute Gasteiger partial charge is 0.368 e. The molecular weight excluding hydrogens is 206 g/mol. The number of quaternary nitrogens is 1. The molecule has 0 aliphatic rings. The highest BCUT2D eigenvalue weighted by molar-refractivity contribution is 5.37. The molecule has 0 spiro atoms. The number of aromatic nitrogens is 3. The van der Waals surface area contributed by atoms with Gasteiger partial charge in [-0.1, -0.05) is 6.42 Å². The summed E-state index contributed by atoms with van der Waals surface area (Å²) in [6.45, 7) is 3.65. The Kier molecular flexibility index (Phi) is 5.49. The van der Waals surface area contributed by atoms with Crippen LogP contribution in [0.3, 0.4) is 0 Å². The van der Waals surface area contributed by atoms with Crippen LogP contribution < -0.4 is 16.7 Å². The molecule has 0 aromatic carbocycles. The highest BCUT2D eigenvalue weighted by atomic mass is 16.1. The summed E-state index contributed by atoms with van der Waals surface area (Å²) in [6, 6.07) is 0. The van der Waals surface area contributed by atoms with Gasteiger partial charge in [0.2, 0.25) is 0 Å². The monoisotopic (exact) mass is 226 g/mol. The number of aromatic amines is 1. The van der Waals surface area contributed by atoms with Crippen LogP contribution in [0.25, 0.3) is 0 Å². The van der Waals surface area contributed by atoms with Gasteiger partial charge in [0.05, 0.1) is 6.54 Å². The number of nitrogens with one attached hydrogen (secondary N) is 2. The lowest BCUT2D eigenvalue weighted by Gasteiger charge is -2.05. The summed E-state index contributed by atoms with van der Waals surface area (Å²) in [5.74, 6) is 0.584. The summed E-state index contributed by atoms with van der Waals surface area (Å²) in [5.41, 5.74) is 4.11. The van der Waals surface area contributed by atoms with E-state index in [1.54, 1.807) is 0 Å². The third-order valence-corrected chi connectivity index (χ3v) is 2.34. The van der Waals surface area contributed by atoms with Gasteiger partial charge in [-0.15, -0.1) is 0 Å². The predicted molar refractivity (Wildman–Crippen MR) is 62.1 cm³/mol. The number of hydrogen-bond acceptors (Lipinski definition) is 4. The van der Waals surface area contributed by atoms with Gasteiger partial charge in [0.25, 0.3) is 0 Å². The maximum Gasteiger partial charge on any atom is 0.363 e. The van der Waals surface area contributed by atoms with E-state index < -0.39 is 5.69 Å². The van der Waals surface area contributed by atoms with Gasteiger partial charge in [0.15, 0.2) is 5.82 Å². The maximum atomic E-state index is 10.9. The highest BCUT2D eigenvalue weighted by Gasteiger charge is 2.00. The molecular formula is C10H20N5O+. The summed E-state index contributed by atoms with van der Waals surface area (Å²) >= 11 is 0. The number of unbranched alkanes of at least 4 members (excludes halogenated alkanes) is 3. The van der Waals surface area contributed by atoms with E-state index in [-0.39, 0.29) is 0 Å². The third-order valence-electron chi connectivity index (χ3n) is 2.34. The van der Waals surface area contributed by atoms with Crippen LogP contribution in [0.15, 0.2) is 4.79 Å². The van der Waals surface area contributed by atoms with Gasteiger partial charge in [-0.25, -0.2) is 9.89 Å². The number of H-pyrrole nitrogens is 1. The molecule has 0 amide bonds. The van der Waals surface area contributed by atoms with Crippen LogP contribution in [0.5, 0.6) is 0 Å². The van der Waals surface area contributed by atoms with Crippen LogP contribution in [-0.4, -0.2) is 28.3 Å². The molecule has 0 aliphatic heterocycles. The van der Waals surface area contributed by atoms with E-state index in [2.05, 4.69) is 26.2 Å². The Labute approximate surface area is 94.7 Å². The van der Waals surface area contributed by atoms with E-state index in [9.17, 15) is 4.79 Å². The van der Waals surface area contributed by atoms with Gasteiger partial charge in [-0.05, 0) is 26.2 Å². The second-order valence-corrected chi connectivity index (χ2v) is 3.77. The van der Waals surface area contributed by atoms with Crippen molar-refractivity contribution in [2.45, 2.75) is 32.6 Å². The SMILES string of the molecule is Cc1n[nH]c(=O)nc1NCCCCCC[NH3+]. The van der Waals surface area contributed by atoms with Gasteiger partial charge in [0.1, 0.15) is 5.69 Å². The molecule has 0 saturated heterocycles. The van der Waals surface area contributed by atoms with Gasteiger partial charge >= 0.3 is 5.69 Å². The smallest absolute Gasteiger partial charge is 0.363 e. The van der Waals surface area contributed by atoms with E-state index in [0.29, 0.717) is 5.82 Å². The first kappa shape index (κ1) is 12.6. The Balaban J connectivity index is 2.26. The van der Waals surface area contributed by atoms with Gasteiger partial charge in [0, 0.05) is 6.54 Å². The standard InChI is InChI=1S/C10H19N5O/c1-8-9(13-10(16)15-14-8)12-7-5-3-2-4-6-11/h2-7,11H2,1H3,(H2,12,13,15,16)/p+1. The number of hydrogen-bond donors (Lipinski definition) is 3. The highest BCUT2D eigenvalue weighted by Crippen LogP contribution is 2.04. The summed E-state index contributed by atoms with van der Waals surface area (Å²) in [6.07, 6.45) is 4.65. The first-order valence-electron chi connectivity index (χ1n) is 5.70. The first-order chi connectivity index (χ1) is 7.74. The van der Waals surface area contributed by atoms with Crippen molar-refractivity contribution in [2.75, 3.05) is 18.4 Å². The normalized spacial score (nSPS) is 10.4. The Bertz CT molecular complexity index is 362. The van der Waals surface area contributed by atoms with E-state index in [1.807, 2.05) is 6.92 Å². The zero-order valence-corrected chi connectivity index (χ0v) is 9.75. The van der Waals surface area contributed by atoms with E-state index in [0.717, 1.165) is 25.2 Å². The molecule has 0 saturated carbocycles. The molecule has 1 rings (SSSR count). The molecule has 0 atom stereocenters. The van der Waals surface area contributed by atoms with Crippen LogP contribution in [0.1, 0.15) is 31.4 Å². The number of rotatable bonds is 7. The lowest BCUT2D eigenvalue weighted by Crippen LogP contribution is -2.50. The molecule has 16 heavy (non-hydrogen) atoms. The molecule has 0 aliphatic carbocycles. The Hall–Kier alpha value is -1.43. The average molecular weight is 226 g/mol. The zero-order chi connectivity index (χ0) is 11.8. The van der Waals surface area contributed by atoms with Crippen molar-refractivity contribution < 1.29 is 5.73 Å². The molecule has 0 fully saturated rings. The predicted octanol–water partition coefficient (Wildman–Crippen LogP) is -0.312. The van der Waals surface area contributed by atoms with Crippen molar-refractivity contribution in [1.29, 1.82) is 0 Å². The number of aryl methyl sites for hydroxylation is 1. The van der Waals surface area contributed by atoms with Crippen molar-refractivity contribution in [2.24, 2.45) is 0 Å². The van der Waals surface area contributed by atoms with Crippen molar-refractivity contribution in [3.8, 4) is 0 Å². The quantitative estimate of drug-likeness (QED) is 0.555. The summed E-state index contributed by atoms with van der Waals surface area (Å²) in [4.78, 5) is 14.8. The van der Waals surface area contributed by atoms with Crippen LogP contribution in [0.2, 0.25) is 0 Å². The van der Waals surface area contributed by atoms with Gasteiger partial charge in [-0.3, -0.25) is 0 Å². The van der Waals surface area contributed by atoms with Crippen LogP contribution in [-0.2, 0) is 0 Å². The first-order valence-corrected chi connectivity index (χ1v) is 5.70. The van der Waals surface area contributed by atoms with Crippen molar-refractivity contribution >= 4 is 5.82 Å². The summed E-state index contributed by atoms with van der Waals surface area (Å²) in [5, 5.41) is 9.25. The van der Waals surface area contributed by atoms with Crippen LogP contribution in [0, 0.1) is 6.92 Å². The Morgan fingerprint density at radius 1 is 1.31 bits per heavy atom. The molecule has 0 bridgehead atoms. The molecule has 5 N–H and O–H groups in total. The topological polar surface area (TPSA) is 98.3 Å². The molecule has 1 heterocycles. The summed E-state index contributed by atoms with van der Waals surface area (Å²) < 4.78 is 0. The molecule has 6 heteroatoms. The van der Waals surface area contributed by atoms with Crippen molar-refractivity contribution in [3.05, 3.63) is 16.2 Å². The van der Waals surface area contributed by atoms with Gasteiger partial charge in [-0.2, -0.15) is 10.1 Å². The number of nitrogens with zero attached hydrogens (tertiary/aromatic N) is 2. The molecule has 1 aromatic rings. The Morgan fingerprint density at radius 2 is 2.06 bits per heavy atom. The number of anilines is 1. The van der Waals surface area contributed by atoms with Crippen LogP contribution in [0.4, 0.5) is 5.82 Å². The van der Waals surface area contributed by atoms with Gasteiger partial charge < -0.3 is 11.1 Å². The molecule has 90 valence electrons. The molecule has 0 radical (unpaired) electrons. The Morgan fingerprint density at radius 3 is 2.81 bits per heavy atom. The minimum atomic E-state index is -0.412. The summed E-state index contributed by atoms with van der Waals surface area (Å²) in [7, 11) is 0. The fourth-order valence-electron chi connectivity index (χ4n) is 1.42. The zero-order valence-electron chi connectivity index (χ0n) is 9.75. The van der Waals surface area contributed by atoms with E-state index >= 15 is 0 Å². The minimum Gasteiger partial charge on any atom is -0.368 e. The molecule has 1 aromatic heterocycles. The minimum absolute atomic E-state index is 0.412. The van der Waals surface area contributed by atoms with E-state index in [1.165, 1.54) is 19.3 Å². The average Bonchev–Trinajstić information content (AvgIpc) is 2.28. The fourth-order valence-corrected chi connectivity index (χ4v) is 1.42. The van der Waals surface area contributed by atoms with Crippen LogP contribution >= 0.6 is 0 Å².